The highest BCUT2D eigenvalue weighted by Gasteiger charge is 2.40. The summed E-state index contributed by atoms with van der Waals surface area (Å²) in [5.74, 6) is 0.307. The maximum absolute atomic E-state index is 11.8. The Bertz CT molecular complexity index is 379. The Balaban J connectivity index is 1.86. The summed E-state index contributed by atoms with van der Waals surface area (Å²) in [5.41, 5.74) is 0. The fourth-order valence-corrected chi connectivity index (χ4v) is 4.82. The molecule has 30 heavy (non-hydrogen) atoms. The van der Waals surface area contributed by atoms with Crippen LogP contribution in [0, 0.1) is 5.92 Å². The van der Waals surface area contributed by atoms with Crippen LogP contribution in [0.15, 0.2) is 0 Å². The molecule has 1 aliphatic rings. The van der Waals surface area contributed by atoms with E-state index >= 15 is 0 Å². The Hall–Kier alpha value is -0.530. The Kier molecular flexibility index (Phi) is 18.7. The zero-order valence-electron chi connectivity index (χ0n) is 20.7. The molecule has 0 spiro atoms. The maximum atomic E-state index is 11.8. The van der Waals surface area contributed by atoms with Gasteiger partial charge in [0.05, 0.1) is 5.92 Å². The number of hydrogen-bond donors (Lipinski definition) is 0. The van der Waals surface area contributed by atoms with Gasteiger partial charge in [0.1, 0.15) is 6.10 Å². The van der Waals surface area contributed by atoms with E-state index in [2.05, 4.69) is 13.8 Å². The molecule has 0 bridgehead atoms. The van der Waals surface area contributed by atoms with Crippen molar-refractivity contribution < 1.29 is 9.53 Å². The number of unbranched alkanes of at least 4 members (excludes halogenated alkanes) is 19. The van der Waals surface area contributed by atoms with Gasteiger partial charge in [-0.05, 0) is 19.3 Å². The highest BCUT2D eigenvalue weighted by molar-refractivity contribution is 5.78. The van der Waals surface area contributed by atoms with Crippen molar-refractivity contribution in [2.45, 2.75) is 168 Å². The largest absolute Gasteiger partial charge is 0.461 e. The van der Waals surface area contributed by atoms with E-state index in [0.29, 0.717) is 0 Å². The molecule has 0 aromatic heterocycles. The van der Waals surface area contributed by atoms with Crippen molar-refractivity contribution in [3.63, 3.8) is 0 Å². The van der Waals surface area contributed by atoms with Crippen molar-refractivity contribution >= 4 is 5.97 Å². The standard InChI is InChI=1S/C28H54O2/c1-3-5-7-9-11-13-15-17-19-21-23-25-27-26(28(29)30-27)24-22-20-18-16-14-12-10-8-6-4-2/h26-27H,3-25H2,1-2H3. The lowest BCUT2D eigenvalue weighted by Gasteiger charge is -2.35. The summed E-state index contributed by atoms with van der Waals surface area (Å²) in [4.78, 5) is 11.8. The summed E-state index contributed by atoms with van der Waals surface area (Å²) in [5, 5.41) is 0. The lowest BCUT2D eigenvalue weighted by molar-refractivity contribution is -0.186. The highest BCUT2D eigenvalue weighted by atomic mass is 16.6. The molecule has 0 radical (unpaired) electrons. The second kappa shape index (κ2) is 20.4. The Morgan fingerprint density at radius 2 is 0.833 bits per heavy atom. The van der Waals surface area contributed by atoms with Crippen LogP contribution < -0.4 is 0 Å². The molecule has 178 valence electrons. The molecule has 0 saturated carbocycles. The smallest absolute Gasteiger partial charge is 0.313 e. The molecule has 0 aromatic rings. The van der Waals surface area contributed by atoms with Crippen molar-refractivity contribution in [1.82, 2.24) is 0 Å². The van der Waals surface area contributed by atoms with Gasteiger partial charge in [-0.25, -0.2) is 0 Å². The second-order valence-corrected chi connectivity index (χ2v) is 9.88. The first-order valence-corrected chi connectivity index (χ1v) is 14.0. The number of esters is 1. The van der Waals surface area contributed by atoms with Gasteiger partial charge in [0.2, 0.25) is 0 Å². The molecule has 0 aromatic carbocycles. The molecule has 2 nitrogen and oxygen atoms in total. The van der Waals surface area contributed by atoms with Crippen LogP contribution in [-0.2, 0) is 9.53 Å². The molecule has 2 heteroatoms. The predicted molar refractivity (Wildman–Crippen MR) is 131 cm³/mol. The molecule has 1 aliphatic heterocycles. The summed E-state index contributed by atoms with van der Waals surface area (Å²) in [6.07, 6.45) is 31.2. The fraction of sp³-hybridized carbons (Fsp3) is 0.964. The lowest BCUT2D eigenvalue weighted by atomic mass is 9.87. The number of ether oxygens (including phenoxy) is 1. The van der Waals surface area contributed by atoms with Crippen LogP contribution in [0.5, 0.6) is 0 Å². The normalized spacial score (nSPS) is 18.4. The zero-order valence-corrected chi connectivity index (χ0v) is 20.7. The van der Waals surface area contributed by atoms with Crippen LogP contribution in [0.3, 0.4) is 0 Å². The van der Waals surface area contributed by atoms with E-state index < -0.39 is 0 Å². The summed E-state index contributed by atoms with van der Waals surface area (Å²) >= 11 is 0. The SMILES string of the molecule is CCCCCCCCCCCCCC1OC(=O)C1CCCCCCCCCCCC. The van der Waals surface area contributed by atoms with E-state index in [-0.39, 0.29) is 18.0 Å². The second-order valence-electron chi connectivity index (χ2n) is 9.88. The van der Waals surface area contributed by atoms with E-state index in [9.17, 15) is 4.79 Å². The van der Waals surface area contributed by atoms with Crippen LogP contribution in [-0.4, -0.2) is 12.1 Å². The Morgan fingerprint density at radius 3 is 1.20 bits per heavy atom. The summed E-state index contributed by atoms with van der Waals surface area (Å²) < 4.78 is 5.45. The first kappa shape index (κ1) is 27.5. The minimum Gasteiger partial charge on any atom is -0.461 e. The third-order valence-electron chi connectivity index (χ3n) is 6.98. The maximum Gasteiger partial charge on any atom is 0.313 e. The van der Waals surface area contributed by atoms with Gasteiger partial charge in [-0.3, -0.25) is 4.79 Å². The van der Waals surface area contributed by atoms with Gasteiger partial charge in [-0.1, -0.05) is 142 Å². The van der Waals surface area contributed by atoms with Crippen LogP contribution in [0.1, 0.15) is 162 Å². The van der Waals surface area contributed by atoms with Gasteiger partial charge < -0.3 is 4.74 Å². The monoisotopic (exact) mass is 422 g/mol. The third kappa shape index (κ3) is 14.5. The van der Waals surface area contributed by atoms with Crippen LogP contribution in [0.4, 0.5) is 0 Å². The minimum absolute atomic E-state index is 0.0824. The molecule has 2 atom stereocenters. The van der Waals surface area contributed by atoms with E-state index in [0.717, 1.165) is 12.8 Å². The van der Waals surface area contributed by atoms with Crippen LogP contribution in [0.2, 0.25) is 0 Å². The van der Waals surface area contributed by atoms with Crippen molar-refractivity contribution in [2.75, 3.05) is 0 Å². The predicted octanol–water partition coefficient (Wildman–Crippen LogP) is 9.54. The van der Waals surface area contributed by atoms with Crippen molar-refractivity contribution in [3.8, 4) is 0 Å². The third-order valence-corrected chi connectivity index (χ3v) is 6.98. The molecule has 1 saturated heterocycles. The van der Waals surface area contributed by atoms with Crippen molar-refractivity contribution in [1.29, 1.82) is 0 Å². The molecule has 1 heterocycles. The highest BCUT2D eigenvalue weighted by Crippen LogP contribution is 2.31. The molecule has 2 unspecified atom stereocenters. The summed E-state index contributed by atoms with van der Waals surface area (Å²) in [6.45, 7) is 4.56. The van der Waals surface area contributed by atoms with E-state index in [1.54, 1.807) is 0 Å². The van der Waals surface area contributed by atoms with Gasteiger partial charge >= 0.3 is 5.97 Å². The molecule has 0 aliphatic carbocycles. The van der Waals surface area contributed by atoms with E-state index in [1.807, 2.05) is 0 Å². The van der Waals surface area contributed by atoms with Gasteiger partial charge in [-0.2, -0.15) is 0 Å². The first-order chi connectivity index (χ1) is 14.8. The number of carbonyl (C=O) groups is 1. The quantitative estimate of drug-likeness (QED) is 0.121. The fourth-order valence-electron chi connectivity index (χ4n) is 4.82. The number of rotatable bonds is 23. The summed E-state index contributed by atoms with van der Waals surface area (Å²) in [6, 6.07) is 0. The number of carbonyl (C=O) groups excluding carboxylic acids is 1. The van der Waals surface area contributed by atoms with Crippen LogP contribution in [0.25, 0.3) is 0 Å². The first-order valence-electron chi connectivity index (χ1n) is 14.0. The molecule has 0 N–H and O–H groups in total. The molecule has 1 rings (SSSR count). The van der Waals surface area contributed by atoms with Gasteiger partial charge in [-0.15, -0.1) is 0 Å². The Morgan fingerprint density at radius 1 is 0.500 bits per heavy atom. The number of hydrogen-bond acceptors (Lipinski definition) is 2. The average Bonchev–Trinajstić information content (AvgIpc) is 2.75. The Labute approximate surface area is 189 Å². The van der Waals surface area contributed by atoms with Crippen molar-refractivity contribution in [3.05, 3.63) is 0 Å². The van der Waals surface area contributed by atoms with Gasteiger partial charge in [0.15, 0.2) is 0 Å². The lowest BCUT2D eigenvalue weighted by Crippen LogP contribution is -2.44. The van der Waals surface area contributed by atoms with Crippen LogP contribution >= 0.6 is 0 Å². The van der Waals surface area contributed by atoms with Gasteiger partial charge in [0.25, 0.3) is 0 Å². The zero-order chi connectivity index (χ0) is 21.7. The molecular formula is C28H54O2. The van der Waals surface area contributed by atoms with Gasteiger partial charge in [0, 0.05) is 0 Å². The molecule has 0 amide bonds. The average molecular weight is 423 g/mol. The van der Waals surface area contributed by atoms with Crippen molar-refractivity contribution in [2.24, 2.45) is 5.92 Å². The van der Waals surface area contributed by atoms with E-state index in [1.165, 1.54) is 135 Å². The summed E-state index contributed by atoms with van der Waals surface area (Å²) in [7, 11) is 0. The topological polar surface area (TPSA) is 26.3 Å². The molecule has 1 fully saturated rings. The minimum atomic E-state index is 0.0824. The molecular weight excluding hydrogens is 368 g/mol. The number of cyclic esters (lactones) is 1. The van der Waals surface area contributed by atoms with E-state index in [4.69, 9.17) is 4.74 Å².